The molecule has 0 radical (unpaired) electrons. The first-order chi connectivity index (χ1) is 18.4. The van der Waals surface area contributed by atoms with Gasteiger partial charge in [-0.15, -0.1) is 0 Å². The molecule has 0 saturated carbocycles. The van der Waals surface area contributed by atoms with Gasteiger partial charge in [0.05, 0.1) is 11.3 Å². The van der Waals surface area contributed by atoms with E-state index in [4.69, 9.17) is 0 Å². The van der Waals surface area contributed by atoms with E-state index in [0.29, 0.717) is 23.2 Å². The number of aliphatic imine (C=N–C) groups is 1. The highest BCUT2D eigenvalue weighted by Crippen LogP contribution is 2.38. The minimum atomic E-state index is -0.720. The van der Waals surface area contributed by atoms with Crippen molar-refractivity contribution in [2.24, 2.45) is 4.99 Å². The number of piperidine rings is 1. The van der Waals surface area contributed by atoms with Gasteiger partial charge in [0, 0.05) is 43.1 Å². The Balaban J connectivity index is 1.25. The molecule has 0 bridgehead atoms. The topological polar surface area (TPSA) is 116 Å². The molecule has 3 aromatic carbocycles. The van der Waals surface area contributed by atoms with Crippen LogP contribution in [0.1, 0.15) is 53.1 Å². The number of benzene rings is 3. The molecule has 2 unspecified atom stereocenters. The number of amides is 3. The van der Waals surface area contributed by atoms with Crippen molar-refractivity contribution in [2.45, 2.75) is 44.2 Å². The van der Waals surface area contributed by atoms with Crippen LogP contribution in [0.3, 0.4) is 0 Å². The van der Waals surface area contributed by atoms with Crippen LogP contribution < -0.4 is 5.32 Å². The summed E-state index contributed by atoms with van der Waals surface area (Å²) in [6.45, 7) is 0.177. The summed E-state index contributed by atoms with van der Waals surface area (Å²) in [6.07, 6.45) is 2.42. The number of aliphatic hydroxyl groups excluding tert-OH is 1. The molecule has 190 valence electrons. The molecule has 0 spiro atoms. The summed E-state index contributed by atoms with van der Waals surface area (Å²) < 4.78 is 0. The molecule has 6 rings (SSSR count). The molecule has 38 heavy (non-hydrogen) atoms. The maximum Gasteiger partial charge on any atom is 0.255 e. The lowest BCUT2D eigenvalue weighted by Crippen LogP contribution is -2.52. The third-order valence-electron chi connectivity index (χ3n) is 7.64. The van der Waals surface area contributed by atoms with Gasteiger partial charge >= 0.3 is 0 Å². The van der Waals surface area contributed by atoms with Gasteiger partial charge in [0.15, 0.2) is 5.78 Å². The number of carbonyl (C=O) groups excluding carboxylic acids is 4. The standard InChI is InChI=1S/C30H25N3O5/c34-26-13-18(20-8-3-6-17-5-1-2-7-19(17)20)14-27(35)22(26)15-31-24-10-4-9-21-23(24)16-33(30(21)38)25-11-12-28(36)32-29(25)37/h1-10,15,18,25,34H,11-14,16H2,(H,32,36,37). The highest BCUT2D eigenvalue weighted by Gasteiger charge is 2.40. The molecular formula is C30H25N3O5. The van der Waals surface area contributed by atoms with E-state index in [1.807, 2.05) is 42.5 Å². The van der Waals surface area contributed by atoms with Crippen LogP contribution in [0.5, 0.6) is 0 Å². The Morgan fingerprint density at radius 1 is 0.947 bits per heavy atom. The highest BCUT2D eigenvalue weighted by atomic mass is 16.3. The number of hydrogen-bond acceptors (Lipinski definition) is 6. The van der Waals surface area contributed by atoms with Gasteiger partial charge in [0.25, 0.3) is 5.91 Å². The second kappa shape index (κ2) is 9.37. The van der Waals surface area contributed by atoms with Crippen LogP contribution >= 0.6 is 0 Å². The van der Waals surface area contributed by atoms with E-state index < -0.39 is 11.9 Å². The number of hydrogen-bond donors (Lipinski definition) is 2. The summed E-state index contributed by atoms with van der Waals surface area (Å²) in [4.78, 5) is 56.0. The third-order valence-corrected chi connectivity index (χ3v) is 7.64. The van der Waals surface area contributed by atoms with Gasteiger partial charge in [-0.3, -0.25) is 29.5 Å². The fourth-order valence-electron chi connectivity index (χ4n) is 5.71. The lowest BCUT2D eigenvalue weighted by molar-refractivity contribution is -0.137. The smallest absolute Gasteiger partial charge is 0.255 e. The lowest BCUT2D eigenvalue weighted by atomic mass is 9.81. The molecule has 3 amide bonds. The molecule has 8 heteroatoms. The van der Waals surface area contributed by atoms with Crippen molar-refractivity contribution in [3.8, 4) is 0 Å². The van der Waals surface area contributed by atoms with Crippen molar-refractivity contribution in [2.75, 3.05) is 0 Å². The van der Waals surface area contributed by atoms with Crippen LogP contribution in [-0.4, -0.2) is 45.8 Å². The largest absolute Gasteiger partial charge is 0.511 e. The van der Waals surface area contributed by atoms with E-state index in [9.17, 15) is 24.3 Å². The van der Waals surface area contributed by atoms with E-state index in [1.165, 1.54) is 11.1 Å². The van der Waals surface area contributed by atoms with E-state index in [1.54, 1.807) is 18.2 Å². The molecule has 1 aliphatic carbocycles. The third kappa shape index (κ3) is 4.08. The molecule has 2 N–H and O–H groups in total. The number of nitrogens with one attached hydrogen (secondary N) is 1. The van der Waals surface area contributed by atoms with E-state index in [0.717, 1.165) is 16.3 Å². The normalized spacial score (nSPS) is 21.9. The van der Waals surface area contributed by atoms with Crippen LogP contribution in [0.2, 0.25) is 0 Å². The van der Waals surface area contributed by atoms with Gasteiger partial charge < -0.3 is 10.0 Å². The molecule has 0 aromatic heterocycles. The minimum Gasteiger partial charge on any atom is -0.511 e. The first-order valence-electron chi connectivity index (χ1n) is 12.6. The zero-order valence-electron chi connectivity index (χ0n) is 20.5. The van der Waals surface area contributed by atoms with Crippen molar-refractivity contribution in [1.82, 2.24) is 10.2 Å². The zero-order chi connectivity index (χ0) is 26.4. The number of Topliss-reactive ketones (excluding diaryl/α,β-unsaturated/α-hetero) is 1. The summed E-state index contributed by atoms with van der Waals surface area (Å²) in [5.41, 5.74) is 2.79. The van der Waals surface area contributed by atoms with Gasteiger partial charge in [-0.25, -0.2) is 0 Å². The van der Waals surface area contributed by atoms with Crippen molar-refractivity contribution < 1.29 is 24.3 Å². The van der Waals surface area contributed by atoms with Crippen LogP contribution in [0.4, 0.5) is 5.69 Å². The highest BCUT2D eigenvalue weighted by molar-refractivity contribution is 6.15. The zero-order valence-corrected chi connectivity index (χ0v) is 20.5. The number of ketones is 1. The Hall–Kier alpha value is -4.59. The van der Waals surface area contributed by atoms with Crippen LogP contribution in [-0.2, 0) is 20.9 Å². The average molecular weight is 508 g/mol. The molecule has 8 nitrogen and oxygen atoms in total. The van der Waals surface area contributed by atoms with Crippen molar-refractivity contribution >= 4 is 46.2 Å². The summed E-state index contributed by atoms with van der Waals surface area (Å²) >= 11 is 0. The Kier molecular flexibility index (Phi) is 5.87. The van der Waals surface area contributed by atoms with E-state index >= 15 is 0 Å². The van der Waals surface area contributed by atoms with Crippen molar-refractivity contribution in [1.29, 1.82) is 0 Å². The second-order valence-corrected chi connectivity index (χ2v) is 9.92. The quantitative estimate of drug-likeness (QED) is 0.404. The number of nitrogens with zero attached hydrogens (tertiary/aromatic N) is 2. The number of fused-ring (bicyclic) bond motifs is 2. The van der Waals surface area contributed by atoms with Gasteiger partial charge in [-0.2, -0.15) is 0 Å². The van der Waals surface area contributed by atoms with Crippen LogP contribution in [0.15, 0.2) is 77.0 Å². The number of rotatable bonds is 4. The maximum absolute atomic E-state index is 13.1. The Morgan fingerprint density at radius 2 is 1.74 bits per heavy atom. The van der Waals surface area contributed by atoms with Crippen LogP contribution in [0, 0.1) is 0 Å². The number of allylic oxidation sites excluding steroid dienone is 2. The minimum absolute atomic E-state index is 0.00300. The first kappa shape index (κ1) is 23.8. The van der Waals surface area contributed by atoms with Crippen LogP contribution in [0.25, 0.3) is 10.8 Å². The fraction of sp³-hybridized carbons (Fsp3) is 0.233. The molecule has 1 fully saturated rings. The summed E-state index contributed by atoms with van der Waals surface area (Å²) in [5.74, 6) is -1.43. The number of aliphatic hydroxyl groups is 1. The molecular weight excluding hydrogens is 482 g/mol. The SMILES string of the molecule is O=C1CCC(N2Cc3c(N=CC4=C(O)CC(c5cccc6ccccc56)CC4=O)cccc3C2=O)C(=O)N1. The molecule has 1 saturated heterocycles. The second-order valence-electron chi connectivity index (χ2n) is 9.92. The Bertz CT molecular complexity index is 1580. The molecule has 2 heterocycles. The Morgan fingerprint density at radius 3 is 2.55 bits per heavy atom. The number of imide groups is 1. The first-order valence-corrected chi connectivity index (χ1v) is 12.6. The average Bonchev–Trinajstić information content (AvgIpc) is 3.24. The van der Waals surface area contributed by atoms with Gasteiger partial charge in [0.2, 0.25) is 11.8 Å². The molecule has 2 aliphatic heterocycles. The van der Waals surface area contributed by atoms with Gasteiger partial charge in [-0.05, 0) is 40.8 Å². The monoisotopic (exact) mass is 507 g/mol. The summed E-state index contributed by atoms with van der Waals surface area (Å²) in [6, 6.07) is 18.4. The van der Waals surface area contributed by atoms with Gasteiger partial charge in [-0.1, -0.05) is 48.5 Å². The Labute approximate surface area is 218 Å². The predicted molar refractivity (Wildman–Crippen MR) is 141 cm³/mol. The lowest BCUT2D eigenvalue weighted by Gasteiger charge is -2.29. The molecule has 3 aromatic rings. The summed E-state index contributed by atoms with van der Waals surface area (Å²) in [7, 11) is 0. The fourth-order valence-corrected chi connectivity index (χ4v) is 5.71. The van der Waals surface area contributed by atoms with E-state index in [2.05, 4.69) is 10.3 Å². The molecule has 2 atom stereocenters. The van der Waals surface area contributed by atoms with Gasteiger partial charge in [0.1, 0.15) is 11.8 Å². The van der Waals surface area contributed by atoms with Crippen molar-refractivity contribution in [3.05, 3.63) is 88.7 Å². The van der Waals surface area contributed by atoms with E-state index in [-0.39, 0.29) is 60.7 Å². The summed E-state index contributed by atoms with van der Waals surface area (Å²) in [5, 5.41) is 15.3. The molecule has 3 aliphatic rings. The number of carbonyl (C=O) groups is 4. The maximum atomic E-state index is 13.1. The van der Waals surface area contributed by atoms with Crippen molar-refractivity contribution in [3.63, 3.8) is 0 Å². The predicted octanol–water partition coefficient (Wildman–Crippen LogP) is 4.26.